The molecule has 1 fully saturated rings. The van der Waals surface area contributed by atoms with Gasteiger partial charge in [-0.3, -0.25) is 4.99 Å². The van der Waals surface area contributed by atoms with Crippen molar-refractivity contribution in [2.24, 2.45) is 10.9 Å². The summed E-state index contributed by atoms with van der Waals surface area (Å²) in [4.78, 5) is 7.27. The van der Waals surface area contributed by atoms with Crippen LogP contribution in [-0.2, 0) is 0 Å². The molecule has 0 bridgehead atoms. The number of rotatable bonds is 5. The third kappa shape index (κ3) is 9.00. The first kappa shape index (κ1) is 20.0. The molecule has 0 radical (unpaired) electrons. The fourth-order valence-electron chi connectivity index (χ4n) is 2.37. The molecule has 0 aliphatic carbocycles. The summed E-state index contributed by atoms with van der Waals surface area (Å²) in [6.07, 6.45) is 2.73. The van der Waals surface area contributed by atoms with E-state index in [4.69, 9.17) is 4.99 Å². The van der Waals surface area contributed by atoms with Gasteiger partial charge in [0.25, 0.3) is 0 Å². The lowest BCUT2D eigenvalue weighted by molar-refractivity contribution is 0.291. The minimum atomic E-state index is 0. The normalized spacial score (nSPS) is 18.6. The maximum absolute atomic E-state index is 4.71. The average Bonchev–Trinajstić information content (AvgIpc) is 2.77. The summed E-state index contributed by atoms with van der Waals surface area (Å²) >= 11 is 0. The van der Waals surface area contributed by atoms with Crippen molar-refractivity contribution in [3.63, 3.8) is 0 Å². The van der Waals surface area contributed by atoms with Crippen LogP contribution in [0.1, 0.15) is 47.5 Å². The van der Waals surface area contributed by atoms with E-state index in [9.17, 15) is 0 Å². The molecule has 1 aliphatic rings. The first-order chi connectivity index (χ1) is 8.90. The van der Waals surface area contributed by atoms with E-state index in [-0.39, 0.29) is 29.5 Å². The van der Waals surface area contributed by atoms with Crippen molar-refractivity contribution < 1.29 is 0 Å². The van der Waals surface area contributed by atoms with Crippen molar-refractivity contribution in [3.8, 4) is 0 Å². The van der Waals surface area contributed by atoms with Crippen LogP contribution in [-0.4, -0.2) is 49.1 Å². The highest BCUT2D eigenvalue weighted by Crippen LogP contribution is 2.10. The molecular formula is C15H33IN4. The number of likely N-dealkylation sites (tertiary alicyclic amines) is 1. The van der Waals surface area contributed by atoms with Crippen molar-refractivity contribution in [1.29, 1.82) is 0 Å². The van der Waals surface area contributed by atoms with E-state index in [2.05, 4.69) is 50.2 Å². The van der Waals surface area contributed by atoms with Crippen molar-refractivity contribution in [3.05, 3.63) is 0 Å². The SMILES string of the molecule is CCNC(=NCC(C)CN1CCCC1)NC(C)(C)C.I. The molecule has 0 amide bonds. The number of nitrogens with one attached hydrogen (secondary N) is 2. The van der Waals surface area contributed by atoms with Gasteiger partial charge in [0.1, 0.15) is 0 Å². The highest BCUT2D eigenvalue weighted by Gasteiger charge is 2.15. The molecule has 0 aromatic rings. The summed E-state index contributed by atoms with van der Waals surface area (Å²) in [6.45, 7) is 16.4. The molecule has 5 heteroatoms. The molecular weight excluding hydrogens is 363 g/mol. The van der Waals surface area contributed by atoms with Crippen LogP contribution in [0.3, 0.4) is 0 Å². The van der Waals surface area contributed by atoms with Crippen molar-refractivity contribution in [2.75, 3.05) is 32.7 Å². The molecule has 120 valence electrons. The molecule has 1 rings (SSSR count). The zero-order valence-corrected chi connectivity index (χ0v) is 16.2. The molecule has 1 aliphatic heterocycles. The summed E-state index contributed by atoms with van der Waals surface area (Å²) < 4.78 is 0. The van der Waals surface area contributed by atoms with Gasteiger partial charge in [-0.25, -0.2) is 0 Å². The quantitative estimate of drug-likeness (QED) is 0.427. The van der Waals surface area contributed by atoms with Gasteiger partial charge in [-0.2, -0.15) is 0 Å². The molecule has 1 atom stereocenters. The van der Waals surface area contributed by atoms with Crippen molar-refractivity contribution in [2.45, 2.75) is 53.0 Å². The van der Waals surface area contributed by atoms with Crippen LogP contribution < -0.4 is 10.6 Å². The van der Waals surface area contributed by atoms with Gasteiger partial charge in [0, 0.05) is 25.2 Å². The molecule has 20 heavy (non-hydrogen) atoms. The largest absolute Gasteiger partial charge is 0.357 e. The van der Waals surface area contributed by atoms with Gasteiger partial charge in [0.05, 0.1) is 0 Å². The predicted octanol–water partition coefficient (Wildman–Crippen LogP) is 2.69. The third-order valence-corrected chi connectivity index (χ3v) is 3.17. The highest BCUT2D eigenvalue weighted by molar-refractivity contribution is 14.0. The first-order valence-corrected chi connectivity index (χ1v) is 7.69. The van der Waals surface area contributed by atoms with Crippen LogP contribution in [0, 0.1) is 5.92 Å². The topological polar surface area (TPSA) is 39.7 Å². The Hall–Kier alpha value is -0.0400. The van der Waals surface area contributed by atoms with Gasteiger partial charge >= 0.3 is 0 Å². The number of halogens is 1. The Morgan fingerprint density at radius 2 is 1.85 bits per heavy atom. The fourth-order valence-corrected chi connectivity index (χ4v) is 2.37. The van der Waals surface area contributed by atoms with E-state index >= 15 is 0 Å². The fraction of sp³-hybridized carbons (Fsp3) is 0.933. The van der Waals surface area contributed by atoms with E-state index in [1.807, 2.05) is 0 Å². The summed E-state index contributed by atoms with van der Waals surface area (Å²) in [7, 11) is 0. The molecule has 0 aromatic heterocycles. The van der Waals surface area contributed by atoms with Gasteiger partial charge in [-0.05, 0) is 59.5 Å². The van der Waals surface area contributed by atoms with Crippen LogP contribution in [0.2, 0.25) is 0 Å². The van der Waals surface area contributed by atoms with Crippen LogP contribution >= 0.6 is 24.0 Å². The minimum Gasteiger partial charge on any atom is -0.357 e. The standard InChI is InChI=1S/C15H32N4.HI/c1-6-16-14(18-15(3,4)5)17-11-13(2)12-19-9-7-8-10-19;/h13H,6-12H2,1-5H3,(H2,16,17,18);1H. The highest BCUT2D eigenvalue weighted by atomic mass is 127. The van der Waals surface area contributed by atoms with E-state index in [0.29, 0.717) is 5.92 Å². The van der Waals surface area contributed by atoms with Crippen LogP contribution in [0.25, 0.3) is 0 Å². The van der Waals surface area contributed by atoms with Gasteiger partial charge < -0.3 is 15.5 Å². The van der Waals surface area contributed by atoms with Crippen LogP contribution in [0.4, 0.5) is 0 Å². The lowest BCUT2D eigenvalue weighted by Gasteiger charge is -2.24. The molecule has 2 N–H and O–H groups in total. The summed E-state index contributed by atoms with van der Waals surface area (Å²) in [6, 6.07) is 0. The molecule has 1 heterocycles. The van der Waals surface area contributed by atoms with E-state index < -0.39 is 0 Å². The van der Waals surface area contributed by atoms with E-state index in [0.717, 1.165) is 19.0 Å². The number of aliphatic imine (C=N–C) groups is 1. The van der Waals surface area contributed by atoms with Gasteiger partial charge in [-0.1, -0.05) is 6.92 Å². The zero-order valence-electron chi connectivity index (χ0n) is 13.8. The Morgan fingerprint density at radius 1 is 1.25 bits per heavy atom. The second kappa shape index (κ2) is 9.82. The Morgan fingerprint density at radius 3 is 2.35 bits per heavy atom. The number of nitrogens with zero attached hydrogens (tertiary/aromatic N) is 2. The first-order valence-electron chi connectivity index (χ1n) is 7.69. The second-order valence-electron chi connectivity index (χ2n) is 6.71. The molecule has 4 nitrogen and oxygen atoms in total. The zero-order chi connectivity index (χ0) is 14.3. The lowest BCUT2D eigenvalue weighted by atomic mass is 10.1. The predicted molar refractivity (Wildman–Crippen MR) is 99.1 cm³/mol. The number of hydrogen-bond donors (Lipinski definition) is 2. The Bertz CT molecular complexity index is 280. The second-order valence-corrected chi connectivity index (χ2v) is 6.71. The smallest absolute Gasteiger partial charge is 0.191 e. The van der Waals surface area contributed by atoms with Gasteiger partial charge in [0.2, 0.25) is 0 Å². The van der Waals surface area contributed by atoms with E-state index in [1.165, 1.54) is 32.5 Å². The summed E-state index contributed by atoms with van der Waals surface area (Å²) in [5, 5.41) is 6.74. The van der Waals surface area contributed by atoms with Gasteiger partial charge in [0.15, 0.2) is 5.96 Å². The maximum atomic E-state index is 4.71. The average molecular weight is 396 g/mol. The molecule has 0 aromatic carbocycles. The molecule has 1 unspecified atom stereocenters. The Labute approximate surface area is 142 Å². The Kier molecular flexibility index (Phi) is 9.80. The molecule has 0 saturated carbocycles. The third-order valence-electron chi connectivity index (χ3n) is 3.17. The van der Waals surface area contributed by atoms with Crippen molar-refractivity contribution in [1.82, 2.24) is 15.5 Å². The maximum Gasteiger partial charge on any atom is 0.191 e. The van der Waals surface area contributed by atoms with Gasteiger partial charge in [-0.15, -0.1) is 24.0 Å². The number of guanidine groups is 1. The monoisotopic (exact) mass is 396 g/mol. The van der Waals surface area contributed by atoms with Crippen LogP contribution in [0.15, 0.2) is 4.99 Å². The van der Waals surface area contributed by atoms with E-state index in [1.54, 1.807) is 0 Å². The van der Waals surface area contributed by atoms with Crippen LogP contribution in [0.5, 0.6) is 0 Å². The summed E-state index contributed by atoms with van der Waals surface area (Å²) in [5.74, 6) is 1.55. The van der Waals surface area contributed by atoms with Crippen molar-refractivity contribution >= 4 is 29.9 Å². The number of hydrogen-bond acceptors (Lipinski definition) is 2. The lowest BCUT2D eigenvalue weighted by Crippen LogP contribution is -2.47. The Balaban J connectivity index is 0.00000361. The summed E-state index contributed by atoms with van der Waals surface area (Å²) in [5.41, 5.74) is 0.0548. The minimum absolute atomic E-state index is 0. The molecule has 0 spiro atoms. The molecule has 1 saturated heterocycles.